The number of aliphatic hydroxyl groups excluding tert-OH is 4. The van der Waals surface area contributed by atoms with E-state index < -0.39 is 127 Å². The van der Waals surface area contributed by atoms with E-state index in [0.717, 1.165) is 5.56 Å². The number of hydrogen-bond donors (Lipinski definition) is 15. The van der Waals surface area contributed by atoms with Gasteiger partial charge < -0.3 is 79.0 Å². The minimum absolute atomic E-state index is 0.0342. The van der Waals surface area contributed by atoms with Gasteiger partial charge in [0.15, 0.2) is 0 Å². The predicted molar refractivity (Wildman–Crippen MR) is 254 cm³/mol. The topological polar surface area (TPSA) is 383 Å². The van der Waals surface area contributed by atoms with Crippen LogP contribution in [0.4, 0.5) is 0 Å². The van der Waals surface area contributed by atoms with Crippen LogP contribution >= 0.6 is 24.4 Å². The van der Waals surface area contributed by atoms with Crippen molar-refractivity contribution in [3.05, 3.63) is 35.4 Å². The largest absolute Gasteiger partial charge is 0.480 e. The highest BCUT2D eigenvalue weighted by molar-refractivity contribution is 7.99. The number of amides is 7. The van der Waals surface area contributed by atoms with Crippen molar-refractivity contribution < 1.29 is 68.6 Å². The molecule has 0 bridgehead atoms. The van der Waals surface area contributed by atoms with Gasteiger partial charge in [-0.05, 0) is 101 Å². The first-order chi connectivity index (χ1) is 32.3. The van der Waals surface area contributed by atoms with Crippen molar-refractivity contribution in [1.82, 2.24) is 37.2 Å². The molecule has 16 N–H and O–H groups in total. The van der Waals surface area contributed by atoms with E-state index in [2.05, 4.69) is 49.8 Å². The lowest BCUT2D eigenvalue weighted by molar-refractivity contribution is -0.205. The molecule has 384 valence electrons. The number of hydrogen-bond acceptors (Lipinski definition) is 17. The van der Waals surface area contributed by atoms with Gasteiger partial charge in [-0.3, -0.25) is 33.6 Å². The van der Waals surface area contributed by atoms with E-state index in [9.17, 15) is 63.9 Å². The summed E-state index contributed by atoms with van der Waals surface area (Å²) in [4.78, 5) is 103. The van der Waals surface area contributed by atoms with Gasteiger partial charge in [-0.2, -0.15) is 12.6 Å². The number of carboxylic acid groups (broad SMARTS) is 1. The Balaban J connectivity index is 1.90. The Hall–Kier alpha value is -4.60. The zero-order valence-corrected chi connectivity index (χ0v) is 40.4. The number of ether oxygens (including phenoxy) is 1. The predicted octanol–water partition coefficient (Wildman–Crippen LogP) is -3.63. The molecular formula is C43H71N9O14S2. The third kappa shape index (κ3) is 21.0. The maximum absolute atomic E-state index is 13.3. The number of carbonyl (C=O) groups is 8. The van der Waals surface area contributed by atoms with Crippen molar-refractivity contribution in [3.8, 4) is 0 Å². The number of unbranched alkanes of at least 4 members (excludes halogenated alkanes) is 2. The number of benzene rings is 1. The smallest absolute Gasteiger partial charge is 0.326 e. The van der Waals surface area contributed by atoms with Gasteiger partial charge in [-0.15, -0.1) is 11.8 Å². The number of carbonyl (C=O) groups excluding carboxylic acids is 7. The summed E-state index contributed by atoms with van der Waals surface area (Å²) in [6, 6.07) is 0.722. The molecule has 1 aromatic carbocycles. The molecule has 1 aromatic rings. The Bertz CT molecular complexity index is 1800. The zero-order chi connectivity index (χ0) is 50.9. The molecule has 1 aliphatic heterocycles. The molecule has 2 rings (SSSR count). The van der Waals surface area contributed by atoms with E-state index in [1.54, 1.807) is 38.1 Å². The van der Waals surface area contributed by atoms with Gasteiger partial charge in [-0.1, -0.05) is 26.0 Å². The Morgan fingerprint density at radius 1 is 0.691 bits per heavy atom. The number of thiol groups is 1. The fourth-order valence-electron chi connectivity index (χ4n) is 6.70. The van der Waals surface area contributed by atoms with Gasteiger partial charge in [0.25, 0.3) is 5.91 Å². The number of carboxylic acids is 1. The Morgan fingerprint density at radius 2 is 1.25 bits per heavy atom. The van der Waals surface area contributed by atoms with Gasteiger partial charge in [0.2, 0.25) is 35.4 Å². The lowest BCUT2D eigenvalue weighted by Gasteiger charge is -2.39. The van der Waals surface area contributed by atoms with E-state index in [0.29, 0.717) is 50.9 Å². The number of nitrogens with one attached hydrogen (secondary N) is 7. The van der Waals surface area contributed by atoms with Crippen molar-refractivity contribution in [2.75, 3.05) is 44.3 Å². The highest BCUT2D eigenvalue weighted by atomic mass is 32.2. The minimum Gasteiger partial charge on any atom is -0.480 e. The Kier molecular flexibility index (Phi) is 27.6. The lowest BCUT2D eigenvalue weighted by atomic mass is 10.0. The molecule has 7 amide bonds. The van der Waals surface area contributed by atoms with Crippen molar-refractivity contribution >= 4 is 71.7 Å². The molecule has 25 heteroatoms. The van der Waals surface area contributed by atoms with E-state index in [1.165, 1.54) is 18.7 Å². The molecule has 0 radical (unpaired) electrons. The number of aliphatic hydroxyl groups is 4. The third-order valence-corrected chi connectivity index (χ3v) is 12.2. The van der Waals surface area contributed by atoms with Crippen LogP contribution in [-0.2, 0) is 44.7 Å². The number of nitrogens with two attached hydrogens (primary N) is 2. The molecule has 23 nitrogen and oxygen atoms in total. The summed E-state index contributed by atoms with van der Waals surface area (Å²) >= 11 is 5.41. The second-order valence-corrected chi connectivity index (χ2v) is 18.3. The molecule has 1 aliphatic rings. The van der Waals surface area contributed by atoms with Gasteiger partial charge in [-0.25, -0.2) is 4.79 Å². The van der Waals surface area contributed by atoms with Crippen molar-refractivity contribution in [2.45, 2.75) is 132 Å². The summed E-state index contributed by atoms with van der Waals surface area (Å²) in [5.74, 6) is -5.99. The van der Waals surface area contributed by atoms with Crippen LogP contribution in [0.1, 0.15) is 81.6 Å². The quantitative estimate of drug-likeness (QED) is 0.0252. The maximum atomic E-state index is 13.3. The number of aliphatic carboxylic acids is 1. The van der Waals surface area contributed by atoms with E-state index in [4.69, 9.17) is 16.2 Å². The summed E-state index contributed by atoms with van der Waals surface area (Å²) < 4.78 is 5.51. The maximum Gasteiger partial charge on any atom is 0.326 e. The van der Waals surface area contributed by atoms with Crippen LogP contribution in [0.15, 0.2) is 24.3 Å². The summed E-state index contributed by atoms with van der Waals surface area (Å²) in [6.45, 7) is 3.90. The highest BCUT2D eigenvalue weighted by Crippen LogP contribution is 2.29. The molecule has 1 saturated heterocycles. The Morgan fingerprint density at radius 3 is 1.81 bits per heavy atom. The summed E-state index contributed by atoms with van der Waals surface area (Å²) in [5, 5.41) is 66.6. The minimum atomic E-state index is -1.48. The van der Waals surface area contributed by atoms with Crippen LogP contribution in [0.25, 0.3) is 0 Å². The number of rotatable bonds is 31. The Labute approximate surface area is 405 Å². The van der Waals surface area contributed by atoms with E-state index >= 15 is 0 Å². The molecule has 0 aliphatic carbocycles. The summed E-state index contributed by atoms with van der Waals surface area (Å²) in [7, 11) is 0. The zero-order valence-electron chi connectivity index (χ0n) is 38.7. The first-order valence-corrected chi connectivity index (χ1v) is 24.2. The average Bonchev–Trinajstić information content (AvgIpc) is 3.30. The van der Waals surface area contributed by atoms with Gasteiger partial charge >= 0.3 is 5.97 Å². The van der Waals surface area contributed by atoms with E-state index in [-0.39, 0.29) is 36.5 Å². The summed E-state index contributed by atoms with van der Waals surface area (Å²) in [5.41, 5.74) is 11.4. The van der Waals surface area contributed by atoms with Crippen LogP contribution in [-0.4, -0.2) is 177 Å². The molecule has 0 saturated carbocycles. The first-order valence-electron chi connectivity index (χ1n) is 22.6. The van der Waals surface area contributed by atoms with Crippen LogP contribution in [0.3, 0.4) is 0 Å². The second kappa shape index (κ2) is 31.5. The molecule has 0 spiro atoms. The molecular weight excluding hydrogens is 931 g/mol. The van der Waals surface area contributed by atoms with Crippen molar-refractivity contribution in [1.29, 1.82) is 0 Å². The third-order valence-electron chi connectivity index (χ3n) is 10.7. The van der Waals surface area contributed by atoms with Crippen molar-refractivity contribution in [3.63, 3.8) is 0 Å². The highest BCUT2D eigenvalue weighted by Gasteiger charge is 2.43. The van der Waals surface area contributed by atoms with Crippen LogP contribution in [0.2, 0.25) is 0 Å². The standard InChI is InChI=1S/C43H71N9O14S2/c1-23(2)18-29(42(64)65)51-40(62)28(9-5-7-16-45)49-37(59)24(3)48-33(55)20-46-32(54)19-47-39(61)27(8-4-6-15-44)50-41(63)30(22-67)52-38(60)26-12-10-25(11-13-26)14-17-68-43-36(58)35(57)34(56)31(21-53)66-43/h10-13,23-24,27-31,34-36,43,53,56-58,67H,4-9,14-22,44-45H2,1-3H3,(H,46,54)(H,47,61)(H,48,55)(H,49,59)(H,50,63)(H,51,62)(H,52,60)(H,64,65)/t24?,27?,28?,29?,30?,31-,34+,35+,36-,43+/m1/s1. The monoisotopic (exact) mass is 1000 g/mol. The summed E-state index contributed by atoms with van der Waals surface area (Å²) in [6.07, 6.45) is -2.41. The van der Waals surface area contributed by atoms with Crippen LogP contribution < -0.4 is 48.7 Å². The van der Waals surface area contributed by atoms with Gasteiger partial charge in [0, 0.05) is 11.3 Å². The van der Waals surface area contributed by atoms with Crippen LogP contribution in [0, 0.1) is 5.92 Å². The molecule has 1 fully saturated rings. The molecule has 1 heterocycles. The number of thioether (sulfide) groups is 1. The van der Waals surface area contributed by atoms with Crippen molar-refractivity contribution in [2.24, 2.45) is 17.4 Å². The van der Waals surface area contributed by atoms with E-state index in [1.807, 2.05) is 0 Å². The lowest BCUT2D eigenvalue weighted by Crippen LogP contribution is -2.57. The van der Waals surface area contributed by atoms with Gasteiger partial charge in [0.05, 0.1) is 19.7 Å². The molecule has 0 aromatic heterocycles. The molecule has 10 atom stereocenters. The normalized spacial score (nSPS) is 20.1. The SMILES string of the molecule is CC(C)CC(NC(=O)C(CCCCN)NC(=O)C(C)NC(=O)CNC(=O)CNC(=O)C(CCCCN)NC(=O)C(CS)NC(=O)c1ccc(CCS[C@@H]2O[C@H](CO)[C@H](O)[C@H](O)[C@H]2O)cc1)C(=O)O. The fraction of sp³-hybridized carbons (Fsp3) is 0.674. The number of aryl methyl sites for hydroxylation is 1. The second-order valence-electron chi connectivity index (χ2n) is 16.7. The fourth-order valence-corrected chi connectivity index (χ4v) is 8.13. The average molecular weight is 1000 g/mol. The molecule has 5 unspecified atom stereocenters. The van der Waals surface area contributed by atoms with Crippen LogP contribution in [0.5, 0.6) is 0 Å². The first kappa shape index (κ1) is 59.5. The molecule has 68 heavy (non-hydrogen) atoms. The van der Waals surface area contributed by atoms with Gasteiger partial charge in [0.1, 0.15) is 60.1 Å².